The van der Waals surface area contributed by atoms with Gasteiger partial charge in [-0.1, -0.05) is 42.4 Å². The van der Waals surface area contributed by atoms with Crippen LogP contribution in [0.1, 0.15) is 18.4 Å². The van der Waals surface area contributed by atoms with E-state index in [4.69, 9.17) is 10.0 Å². The van der Waals surface area contributed by atoms with Crippen molar-refractivity contribution in [1.82, 2.24) is 0 Å². The molecule has 1 saturated carbocycles. The maximum atomic E-state index is 10.8. The molecule has 1 aliphatic carbocycles. The minimum atomic E-state index is -1.64. The van der Waals surface area contributed by atoms with E-state index < -0.39 is 18.1 Å². The number of hydrogen-bond donors (Lipinski definition) is 3. The summed E-state index contributed by atoms with van der Waals surface area (Å²) in [6.45, 7) is 0. The first-order valence-electron chi connectivity index (χ1n) is 5.79. The Balaban J connectivity index is 2.45. The molecule has 1 aliphatic rings. The van der Waals surface area contributed by atoms with Gasteiger partial charge in [-0.2, -0.15) is 5.26 Å². The summed E-state index contributed by atoms with van der Waals surface area (Å²) in [6, 6.07) is 11.0. The lowest BCUT2D eigenvalue weighted by molar-refractivity contribution is 0.0351. The van der Waals surface area contributed by atoms with E-state index >= 15 is 0 Å². The topological polar surface area (TPSA) is 84.5 Å². The van der Waals surface area contributed by atoms with Crippen LogP contribution < -0.4 is 0 Å². The Morgan fingerprint density at radius 1 is 1.28 bits per heavy atom. The number of rotatable bonds is 4. The summed E-state index contributed by atoms with van der Waals surface area (Å²) in [4.78, 5) is 0. The second-order valence-electron chi connectivity index (χ2n) is 4.60. The zero-order valence-electron chi connectivity index (χ0n) is 9.82. The third kappa shape index (κ3) is 2.06. The van der Waals surface area contributed by atoms with Gasteiger partial charge in [-0.3, -0.25) is 0 Å². The Morgan fingerprint density at radius 3 is 2.33 bits per heavy atom. The standard InChI is InChI=1S/C13H14BNO3/c15-10-12(6-7-12)13(16,8-9-14(17)18)11-4-2-1-3-5-11/h1-5,8-9,16-18H,6-7H2/b9-8+/t13-/m1/s1. The summed E-state index contributed by atoms with van der Waals surface area (Å²) in [6.07, 6.45) is 2.50. The molecule has 0 unspecified atom stereocenters. The molecule has 0 aliphatic heterocycles. The van der Waals surface area contributed by atoms with Crippen molar-refractivity contribution in [2.24, 2.45) is 5.41 Å². The first-order chi connectivity index (χ1) is 8.54. The van der Waals surface area contributed by atoms with E-state index in [1.807, 2.05) is 6.07 Å². The average molecular weight is 243 g/mol. The molecule has 0 amide bonds. The number of benzene rings is 1. The van der Waals surface area contributed by atoms with Crippen molar-refractivity contribution < 1.29 is 15.2 Å². The summed E-state index contributed by atoms with van der Waals surface area (Å²) >= 11 is 0. The maximum Gasteiger partial charge on any atom is 0.480 e. The maximum absolute atomic E-state index is 10.8. The molecule has 1 aromatic rings. The zero-order chi connectivity index (χ0) is 13.2. The van der Waals surface area contributed by atoms with E-state index in [1.165, 1.54) is 6.08 Å². The van der Waals surface area contributed by atoms with E-state index in [-0.39, 0.29) is 0 Å². The molecule has 92 valence electrons. The van der Waals surface area contributed by atoms with Crippen LogP contribution in [0.2, 0.25) is 0 Å². The van der Waals surface area contributed by atoms with E-state index in [1.54, 1.807) is 24.3 Å². The van der Waals surface area contributed by atoms with Crippen LogP contribution in [-0.2, 0) is 5.60 Å². The SMILES string of the molecule is N#CC1([C@@](O)(/C=C/B(O)O)c2ccccc2)CC1. The lowest BCUT2D eigenvalue weighted by Crippen LogP contribution is -2.34. The monoisotopic (exact) mass is 243 g/mol. The number of hydrogen-bond acceptors (Lipinski definition) is 4. The third-order valence-corrected chi connectivity index (χ3v) is 3.42. The molecule has 0 radical (unpaired) electrons. The van der Waals surface area contributed by atoms with Crippen LogP contribution in [0.4, 0.5) is 0 Å². The van der Waals surface area contributed by atoms with Gasteiger partial charge in [-0.25, -0.2) is 0 Å². The molecule has 1 fully saturated rings. The summed E-state index contributed by atoms with van der Waals surface area (Å²) in [5.74, 6) is 1.09. The highest BCUT2D eigenvalue weighted by Gasteiger charge is 2.59. The van der Waals surface area contributed by atoms with Gasteiger partial charge in [-0.15, -0.1) is 0 Å². The molecule has 4 nitrogen and oxygen atoms in total. The number of nitriles is 1. The molecule has 3 N–H and O–H groups in total. The molecule has 18 heavy (non-hydrogen) atoms. The van der Waals surface area contributed by atoms with E-state index in [0.717, 1.165) is 5.98 Å². The molecule has 0 heterocycles. The van der Waals surface area contributed by atoms with Gasteiger partial charge in [-0.05, 0) is 18.4 Å². The fourth-order valence-electron chi connectivity index (χ4n) is 2.15. The molecule has 2 rings (SSSR count). The van der Waals surface area contributed by atoms with Crippen molar-refractivity contribution >= 4 is 7.12 Å². The molecule has 1 aromatic carbocycles. The van der Waals surface area contributed by atoms with E-state index in [2.05, 4.69) is 6.07 Å². The third-order valence-electron chi connectivity index (χ3n) is 3.42. The van der Waals surface area contributed by atoms with Crippen LogP contribution >= 0.6 is 0 Å². The molecule has 0 aromatic heterocycles. The van der Waals surface area contributed by atoms with Crippen LogP contribution in [0.25, 0.3) is 0 Å². The summed E-state index contributed by atoms with van der Waals surface area (Å²) in [5, 5.41) is 37.8. The Bertz CT molecular complexity index is 491. The Labute approximate surface area is 106 Å². The molecule has 1 atom stereocenters. The average Bonchev–Trinajstić information content (AvgIpc) is 3.18. The Morgan fingerprint density at radius 2 is 1.89 bits per heavy atom. The van der Waals surface area contributed by atoms with Gasteiger partial charge >= 0.3 is 7.12 Å². The minimum Gasteiger partial charge on any atom is -0.424 e. The fourth-order valence-corrected chi connectivity index (χ4v) is 2.15. The minimum absolute atomic E-state index is 0.584. The summed E-state index contributed by atoms with van der Waals surface area (Å²) in [5.41, 5.74) is -1.76. The Hall–Kier alpha value is -1.61. The second kappa shape index (κ2) is 4.58. The van der Waals surface area contributed by atoms with Crippen LogP contribution in [0.3, 0.4) is 0 Å². The largest absolute Gasteiger partial charge is 0.480 e. The van der Waals surface area contributed by atoms with Crippen molar-refractivity contribution in [3.05, 3.63) is 47.9 Å². The van der Waals surface area contributed by atoms with E-state index in [0.29, 0.717) is 18.4 Å². The predicted molar refractivity (Wildman–Crippen MR) is 67.0 cm³/mol. The van der Waals surface area contributed by atoms with Crippen molar-refractivity contribution in [3.8, 4) is 6.07 Å². The van der Waals surface area contributed by atoms with Crippen molar-refractivity contribution in [1.29, 1.82) is 5.26 Å². The van der Waals surface area contributed by atoms with Gasteiger partial charge in [0.15, 0.2) is 0 Å². The predicted octanol–water partition coefficient (Wildman–Crippen LogP) is 0.746. The highest BCUT2D eigenvalue weighted by atomic mass is 16.4. The highest BCUT2D eigenvalue weighted by molar-refractivity contribution is 6.47. The summed E-state index contributed by atoms with van der Waals surface area (Å²) in [7, 11) is -1.64. The van der Waals surface area contributed by atoms with Crippen LogP contribution in [0, 0.1) is 16.7 Å². The van der Waals surface area contributed by atoms with Crippen molar-refractivity contribution in [2.45, 2.75) is 18.4 Å². The number of nitrogens with zero attached hydrogens (tertiary/aromatic N) is 1. The van der Waals surface area contributed by atoms with Gasteiger partial charge in [0.2, 0.25) is 0 Å². The quantitative estimate of drug-likeness (QED) is 0.681. The van der Waals surface area contributed by atoms with Crippen molar-refractivity contribution in [3.63, 3.8) is 0 Å². The van der Waals surface area contributed by atoms with Gasteiger partial charge < -0.3 is 15.2 Å². The fraction of sp³-hybridized carbons (Fsp3) is 0.308. The van der Waals surface area contributed by atoms with Gasteiger partial charge in [0.1, 0.15) is 5.60 Å². The first kappa shape index (κ1) is 12.8. The first-order valence-corrected chi connectivity index (χ1v) is 5.79. The van der Waals surface area contributed by atoms with Crippen LogP contribution in [0.5, 0.6) is 0 Å². The normalized spacial score (nSPS) is 20.1. The number of aliphatic hydroxyl groups is 1. The van der Waals surface area contributed by atoms with Crippen LogP contribution in [-0.4, -0.2) is 22.3 Å². The smallest absolute Gasteiger partial charge is 0.424 e. The highest BCUT2D eigenvalue weighted by Crippen LogP contribution is 2.58. The Kier molecular flexibility index (Phi) is 3.27. The van der Waals surface area contributed by atoms with E-state index in [9.17, 15) is 10.4 Å². The zero-order valence-corrected chi connectivity index (χ0v) is 9.82. The van der Waals surface area contributed by atoms with Crippen LogP contribution in [0.15, 0.2) is 42.4 Å². The van der Waals surface area contributed by atoms with Crippen molar-refractivity contribution in [2.75, 3.05) is 0 Å². The van der Waals surface area contributed by atoms with Gasteiger partial charge in [0, 0.05) is 0 Å². The molecular weight excluding hydrogens is 229 g/mol. The lowest BCUT2D eigenvalue weighted by atomic mass is 9.76. The molecule has 5 heteroatoms. The summed E-state index contributed by atoms with van der Waals surface area (Å²) < 4.78 is 0. The molecule has 0 bridgehead atoms. The van der Waals surface area contributed by atoms with Gasteiger partial charge in [0.05, 0.1) is 11.5 Å². The van der Waals surface area contributed by atoms with Gasteiger partial charge in [0.25, 0.3) is 0 Å². The second-order valence-corrected chi connectivity index (χ2v) is 4.60. The lowest BCUT2D eigenvalue weighted by Gasteiger charge is -2.30. The molecular formula is C13H14BNO3. The molecule has 0 spiro atoms. The molecule has 0 saturated heterocycles.